The molecular weight excluding hydrogens is 280 g/mol. The highest BCUT2D eigenvalue weighted by Gasteiger charge is 2.21. The average molecular weight is 289 g/mol. The third-order valence-electron chi connectivity index (χ3n) is 2.95. The second-order valence-corrected chi connectivity index (χ2v) is 4.67. The van der Waals surface area contributed by atoms with Crippen LogP contribution in [0.1, 0.15) is 5.82 Å². The zero-order chi connectivity index (χ0) is 14.3. The summed E-state index contributed by atoms with van der Waals surface area (Å²) in [5.41, 5.74) is 1.38. The third-order valence-corrected chi connectivity index (χ3v) is 3.16. The molecule has 2 aromatic heterocycles. The van der Waals surface area contributed by atoms with E-state index in [0.29, 0.717) is 5.82 Å². The van der Waals surface area contributed by atoms with Crippen molar-refractivity contribution in [2.45, 2.75) is 6.92 Å². The zero-order valence-corrected chi connectivity index (χ0v) is 11.2. The molecule has 3 rings (SSSR count). The zero-order valence-electron chi connectivity index (χ0n) is 10.4. The number of fused-ring (bicyclic) bond motifs is 1. The molecule has 2 heterocycles. The molecule has 0 amide bonds. The molecule has 6 nitrogen and oxygen atoms in total. The van der Waals surface area contributed by atoms with Crippen molar-refractivity contribution in [3.63, 3.8) is 0 Å². The largest absolute Gasteiger partial charge is 0.313 e. The second kappa shape index (κ2) is 4.57. The van der Waals surface area contributed by atoms with Crippen LogP contribution in [-0.2, 0) is 0 Å². The SMILES string of the molecule is Cc1nc2ccccc2n1-c1ncc(Cl)cc1[N+](=O)[O-]. The molecule has 0 saturated heterocycles. The Bertz CT molecular complexity index is 828. The van der Waals surface area contributed by atoms with Crippen LogP contribution in [0.5, 0.6) is 0 Å². The first-order valence-electron chi connectivity index (χ1n) is 5.82. The van der Waals surface area contributed by atoms with E-state index in [4.69, 9.17) is 11.6 Å². The number of halogens is 1. The number of nitro groups is 1. The molecule has 3 aromatic rings. The van der Waals surface area contributed by atoms with Crippen LogP contribution in [0.15, 0.2) is 36.5 Å². The lowest BCUT2D eigenvalue weighted by Crippen LogP contribution is -2.04. The molecule has 0 unspecified atom stereocenters. The van der Waals surface area contributed by atoms with Gasteiger partial charge in [-0.2, -0.15) is 0 Å². The van der Waals surface area contributed by atoms with E-state index < -0.39 is 4.92 Å². The predicted molar refractivity (Wildman–Crippen MR) is 75.3 cm³/mol. The van der Waals surface area contributed by atoms with Crippen molar-refractivity contribution in [3.8, 4) is 5.82 Å². The van der Waals surface area contributed by atoms with Gasteiger partial charge in [0.1, 0.15) is 5.82 Å². The molecule has 0 saturated carbocycles. The molecule has 0 bridgehead atoms. The summed E-state index contributed by atoms with van der Waals surface area (Å²) in [4.78, 5) is 19.2. The Labute approximate surface area is 118 Å². The summed E-state index contributed by atoms with van der Waals surface area (Å²) in [6.45, 7) is 1.78. The van der Waals surface area contributed by atoms with Gasteiger partial charge >= 0.3 is 5.69 Å². The molecule has 0 aliphatic carbocycles. The lowest BCUT2D eigenvalue weighted by molar-refractivity contribution is -0.384. The summed E-state index contributed by atoms with van der Waals surface area (Å²) in [6.07, 6.45) is 1.39. The summed E-state index contributed by atoms with van der Waals surface area (Å²) in [6, 6.07) is 8.69. The van der Waals surface area contributed by atoms with Crippen LogP contribution in [0.2, 0.25) is 5.02 Å². The molecule has 0 N–H and O–H groups in total. The minimum Gasteiger partial charge on any atom is -0.275 e. The molecule has 1 aromatic carbocycles. The molecule has 0 radical (unpaired) electrons. The number of imidazole rings is 1. The summed E-state index contributed by atoms with van der Waals surface area (Å²) in [5, 5.41) is 11.4. The van der Waals surface area contributed by atoms with Crippen LogP contribution >= 0.6 is 11.6 Å². The number of nitrogens with zero attached hydrogens (tertiary/aromatic N) is 4. The van der Waals surface area contributed by atoms with Crippen molar-refractivity contribution < 1.29 is 4.92 Å². The smallest absolute Gasteiger partial charge is 0.275 e. The number of aryl methyl sites for hydroxylation is 1. The van der Waals surface area contributed by atoms with Gasteiger partial charge in [-0.1, -0.05) is 23.7 Å². The van der Waals surface area contributed by atoms with E-state index >= 15 is 0 Å². The first kappa shape index (κ1) is 12.6. The van der Waals surface area contributed by atoms with Gasteiger partial charge in [0.25, 0.3) is 0 Å². The number of pyridine rings is 1. The summed E-state index contributed by atoms with van der Waals surface area (Å²) >= 11 is 5.79. The third kappa shape index (κ3) is 1.90. The van der Waals surface area contributed by atoms with Gasteiger partial charge in [-0.05, 0) is 19.1 Å². The van der Waals surface area contributed by atoms with Crippen molar-refractivity contribution in [1.82, 2.24) is 14.5 Å². The predicted octanol–water partition coefficient (Wildman–Crippen LogP) is 3.29. The molecule has 20 heavy (non-hydrogen) atoms. The summed E-state index contributed by atoms with van der Waals surface area (Å²) in [7, 11) is 0. The first-order valence-corrected chi connectivity index (χ1v) is 6.20. The van der Waals surface area contributed by atoms with E-state index in [1.54, 1.807) is 11.5 Å². The standard InChI is InChI=1S/C13H9ClN4O2/c1-8-16-10-4-2-3-5-11(10)17(8)13-12(18(19)20)6-9(14)7-15-13/h2-7H,1H3. The fourth-order valence-electron chi connectivity index (χ4n) is 2.14. The Morgan fingerprint density at radius 1 is 1.35 bits per heavy atom. The molecule has 0 atom stereocenters. The maximum absolute atomic E-state index is 11.2. The summed E-state index contributed by atoms with van der Waals surface area (Å²) in [5.74, 6) is 0.842. The van der Waals surface area contributed by atoms with Crippen LogP contribution in [0.4, 0.5) is 5.69 Å². The maximum atomic E-state index is 11.2. The molecule has 7 heteroatoms. The molecule has 100 valence electrons. The van der Waals surface area contributed by atoms with Crippen molar-refractivity contribution in [1.29, 1.82) is 0 Å². The van der Waals surface area contributed by atoms with E-state index in [1.165, 1.54) is 12.3 Å². The Hall–Kier alpha value is -2.47. The van der Waals surface area contributed by atoms with Crippen LogP contribution in [0.3, 0.4) is 0 Å². The van der Waals surface area contributed by atoms with Crippen LogP contribution < -0.4 is 0 Å². The van der Waals surface area contributed by atoms with Crippen molar-refractivity contribution >= 4 is 28.3 Å². The van der Waals surface area contributed by atoms with E-state index in [2.05, 4.69) is 9.97 Å². The molecule has 0 aliphatic rings. The number of hydrogen-bond acceptors (Lipinski definition) is 4. The van der Waals surface area contributed by atoms with Gasteiger partial charge < -0.3 is 0 Å². The molecule has 0 spiro atoms. The number of rotatable bonds is 2. The van der Waals surface area contributed by atoms with Crippen LogP contribution in [0, 0.1) is 17.0 Å². The van der Waals surface area contributed by atoms with Gasteiger partial charge in [0, 0.05) is 12.3 Å². The average Bonchev–Trinajstić information content (AvgIpc) is 2.74. The molecule has 0 fully saturated rings. The Morgan fingerprint density at radius 3 is 2.85 bits per heavy atom. The van der Waals surface area contributed by atoms with Gasteiger partial charge in [0.05, 0.1) is 21.0 Å². The monoisotopic (exact) mass is 288 g/mol. The number of para-hydroxylation sites is 2. The van der Waals surface area contributed by atoms with Crippen molar-refractivity contribution in [3.05, 3.63) is 57.5 Å². The van der Waals surface area contributed by atoms with Crippen molar-refractivity contribution in [2.24, 2.45) is 0 Å². The normalized spacial score (nSPS) is 10.9. The van der Waals surface area contributed by atoms with Gasteiger partial charge in [-0.3, -0.25) is 14.7 Å². The minimum atomic E-state index is -0.498. The summed E-state index contributed by atoms with van der Waals surface area (Å²) < 4.78 is 1.66. The topological polar surface area (TPSA) is 73.8 Å². The number of hydrogen-bond donors (Lipinski definition) is 0. The highest BCUT2D eigenvalue weighted by molar-refractivity contribution is 6.30. The Kier molecular flexibility index (Phi) is 2.87. The van der Waals surface area contributed by atoms with Crippen molar-refractivity contribution in [2.75, 3.05) is 0 Å². The van der Waals surface area contributed by atoms with E-state index in [9.17, 15) is 10.1 Å². The van der Waals surface area contributed by atoms with E-state index in [-0.39, 0.29) is 16.5 Å². The van der Waals surface area contributed by atoms with Crippen LogP contribution in [0.25, 0.3) is 16.9 Å². The van der Waals surface area contributed by atoms with Gasteiger partial charge in [-0.25, -0.2) is 9.97 Å². The maximum Gasteiger partial charge on any atom is 0.313 e. The van der Waals surface area contributed by atoms with Gasteiger partial charge in [0.2, 0.25) is 5.82 Å². The van der Waals surface area contributed by atoms with E-state index in [0.717, 1.165) is 11.0 Å². The molecule has 0 aliphatic heterocycles. The number of benzene rings is 1. The Balaban J connectivity index is 2.36. The number of aromatic nitrogens is 3. The fourth-order valence-corrected chi connectivity index (χ4v) is 2.29. The van der Waals surface area contributed by atoms with Gasteiger partial charge in [-0.15, -0.1) is 0 Å². The molecular formula is C13H9ClN4O2. The van der Waals surface area contributed by atoms with Gasteiger partial charge in [0.15, 0.2) is 0 Å². The quantitative estimate of drug-likeness (QED) is 0.536. The highest BCUT2D eigenvalue weighted by Crippen LogP contribution is 2.28. The second-order valence-electron chi connectivity index (χ2n) is 4.24. The first-order chi connectivity index (χ1) is 9.58. The fraction of sp³-hybridized carbons (Fsp3) is 0.0769. The van der Waals surface area contributed by atoms with Crippen LogP contribution in [-0.4, -0.2) is 19.5 Å². The minimum absolute atomic E-state index is 0.149. The Morgan fingerprint density at radius 2 is 2.10 bits per heavy atom. The lowest BCUT2D eigenvalue weighted by atomic mass is 10.3. The lowest BCUT2D eigenvalue weighted by Gasteiger charge is -2.06. The highest BCUT2D eigenvalue weighted by atomic mass is 35.5. The van der Waals surface area contributed by atoms with E-state index in [1.807, 2.05) is 24.3 Å².